The van der Waals surface area contributed by atoms with E-state index in [2.05, 4.69) is 16.0 Å². The molecule has 4 aromatic rings. The van der Waals surface area contributed by atoms with Gasteiger partial charge in [-0.1, -0.05) is 36.4 Å². The average Bonchev–Trinajstić information content (AvgIpc) is 2.75. The van der Waals surface area contributed by atoms with Crippen LogP contribution in [0.5, 0.6) is 0 Å². The third kappa shape index (κ3) is 3.12. The van der Waals surface area contributed by atoms with Crippen LogP contribution in [0.3, 0.4) is 0 Å². The molecule has 0 radical (unpaired) electrons. The number of pyridine rings is 1. The zero-order valence-electron chi connectivity index (χ0n) is 14.3. The number of hydrogen-bond acceptors (Lipinski definition) is 4. The van der Waals surface area contributed by atoms with Gasteiger partial charge >= 0.3 is 0 Å². The molecule has 0 bridgehead atoms. The van der Waals surface area contributed by atoms with Gasteiger partial charge in [-0.2, -0.15) is 5.26 Å². The van der Waals surface area contributed by atoms with E-state index in [9.17, 15) is 10.1 Å². The second kappa shape index (κ2) is 7.06. The van der Waals surface area contributed by atoms with Crippen LogP contribution in [0.4, 0.5) is 0 Å². The Morgan fingerprint density at radius 2 is 1.70 bits per heavy atom. The third-order valence-electron chi connectivity index (χ3n) is 4.27. The van der Waals surface area contributed by atoms with E-state index in [1.54, 1.807) is 47.3 Å². The number of hydrogen-bond donors (Lipinski definition) is 0. The highest BCUT2D eigenvalue weighted by Gasteiger charge is 2.14. The van der Waals surface area contributed by atoms with E-state index in [1.165, 1.54) is 6.33 Å². The van der Waals surface area contributed by atoms with Gasteiger partial charge in [0.15, 0.2) is 0 Å². The largest absolute Gasteiger partial charge is 0.283 e. The monoisotopic (exact) mass is 350 g/mol. The maximum absolute atomic E-state index is 13.2. The summed E-state index contributed by atoms with van der Waals surface area (Å²) < 4.78 is 1.58. The van der Waals surface area contributed by atoms with Crippen molar-refractivity contribution in [3.63, 3.8) is 0 Å². The summed E-state index contributed by atoms with van der Waals surface area (Å²) in [7, 11) is 0. The lowest BCUT2D eigenvalue weighted by Crippen LogP contribution is -2.20. The maximum atomic E-state index is 13.2. The van der Waals surface area contributed by atoms with Gasteiger partial charge in [-0.25, -0.2) is 9.97 Å². The molecule has 0 atom stereocenters. The second-order valence-corrected chi connectivity index (χ2v) is 5.91. The van der Waals surface area contributed by atoms with Crippen molar-refractivity contribution in [3.05, 3.63) is 101 Å². The Bertz CT molecular complexity index is 1190. The van der Waals surface area contributed by atoms with Gasteiger partial charge in [0.1, 0.15) is 6.33 Å². The first-order chi connectivity index (χ1) is 13.3. The first kappa shape index (κ1) is 16.4. The first-order valence-corrected chi connectivity index (χ1v) is 8.36. The fourth-order valence-corrected chi connectivity index (χ4v) is 2.97. The summed E-state index contributed by atoms with van der Waals surface area (Å²) in [5, 5.41) is 9.46. The van der Waals surface area contributed by atoms with Gasteiger partial charge in [0, 0.05) is 34.8 Å². The van der Waals surface area contributed by atoms with Crippen LogP contribution in [-0.4, -0.2) is 14.5 Å². The molecule has 27 heavy (non-hydrogen) atoms. The van der Waals surface area contributed by atoms with E-state index in [4.69, 9.17) is 0 Å². The average molecular weight is 350 g/mol. The summed E-state index contributed by atoms with van der Waals surface area (Å²) in [5.41, 5.74) is 3.52. The summed E-state index contributed by atoms with van der Waals surface area (Å²) >= 11 is 0. The zero-order valence-corrected chi connectivity index (χ0v) is 14.3. The lowest BCUT2D eigenvalue weighted by atomic mass is 9.99. The molecule has 0 aliphatic rings. The maximum Gasteiger partial charge on any atom is 0.263 e. The Morgan fingerprint density at radius 3 is 2.44 bits per heavy atom. The number of para-hydroxylation sites is 1. The number of nitrogens with zero attached hydrogens (tertiary/aromatic N) is 4. The lowest BCUT2D eigenvalue weighted by molar-refractivity contribution is 0.992. The summed E-state index contributed by atoms with van der Waals surface area (Å²) in [5.74, 6) is 0. The van der Waals surface area contributed by atoms with Crippen LogP contribution in [0.2, 0.25) is 0 Å². The Balaban J connectivity index is 2.04. The van der Waals surface area contributed by atoms with Gasteiger partial charge in [-0.05, 0) is 30.3 Å². The topological polar surface area (TPSA) is 71.6 Å². The van der Waals surface area contributed by atoms with Crippen LogP contribution in [0.15, 0.2) is 90.2 Å². The first-order valence-electron chi connectivity index (χ1n) is 8.36. The number of benzene rings is 2. The minimum Gasteiger partial charge on any atom is -0.283 e. The summed E-state index contributed by atoms with van der Waals surface area (Å²) in [6, 6.07) is 22.2. The smallest absolute Gasteiger partial charge is 0.263 e. The van der Waals surface area contributed by atoms with Crippen molar-refractivity contribution in [1.82, 2.24) is 14.5 Å². The van der Waals surface area contributed by atoms with E-state index in [-0.39, 0.29) is 5.56 Å². The molecule has 2 aromatic carbocycles. The van der Waals surface area contributed by atoms with Crippen LogP contribution in [0, 0.1) is 11.3 Å². The van der Waals surface area contributed by atoms with Crippen molar-refractivity contribution >= 4 is 0 Å². The van der Waals surface area contributed by atoms with Crippen molar-refractivity contribution in [1.29, 1.82) is 5.26 Å². The van der Waals surface area contributed by atoms with Crippen molar-refractivity contribution in [2.75, 3.05) is 0 Å². The molecule has 2 heterocycles. The van der Waals surface area contributed by atoms with E-state index >= 15 is 0 Å². The van der Waals surface area contributed by atoms with Crippen LogP contribution < -0.4 is 5.56 Å². The van der Waals surface area contributed by atoms with Crippen LogP contribution >= 0.6 is 0 Å². The van der Waals surface area contributed by atoms with E-state index in [0.29, 0.717) is 22.4 Å². The minimum absolute atomic E-state index is 0.193. The second-order valence-electron chi connectivity index (χ2n) is 5.91. The van der Waals surface area contributed by atoms with Crippen LogP contribution in [0.25, 0.3) is 28.1 Å². The standard InChI is InChI=1S/C22H14N4O/c23-13-16-6-4-5-9-19(16)20-12-17(21-10-11-24-15-25-21)14-26(22(20)27)18-7-2-1-3-8-18/h1-12,14-15H. The van der Waals surface area contributed by atoms with E-state index in [0.717, 1.165) is 11.3 Å². The fourth-order valence-electron chi connectivity index (χ4n) is 2.97. The number of nitriles is 1. The zero-order chi connectivity index (χ0) is 18.6. The Hall–Kier alpha value is -4.04. The molecule has 0 saturated heterocycles. The highest BCUT2D eigenvalue weighted by molar-refractivity contribution is 5.74. The molecule has 5 heteroatoms. The predicted octanol–water partition coefficient (Wildman–Crippen LogP) is 3.83. The summed E-state index contributed by atoms with van der Waals surface area (Å²) in [6.45, 7) is 0. The molecule has 0 aliphatic heterocycles. The normalized spacial score (nSPS) is 10.3. The van der Waals surface area contributed by atoms with Crippen molar-refractivity contribution in [2.24, 2.45) is 0 Å². The van der Waals surface area contributed by atoms with Gasteiger partial charge in [0.2, 0.25) is 0 Å². The van der Waals surface area contributed by atoms with Gasteiger partial charge in [-0.3, -0.25) is 9.36 Å². The minimum atomic E-state index is -0.193. The van der Waals surface area contributed by atoms with E-state index in [1.807, 2.05) is 36.4 Å². The molecule has 0 saturated carbocycles. The van der Waals surface area contributed by atoms with Crippen LogP contribution in [-0.2, 0) is 0 Å². The number of rotatable bonds is 3. The molecular formula is C22H14N4O. The highest BCUT2D eigenvalue weighted by Crippen LogP contribution is 2.25. The highest BCUT2D eigenvalue weighted by atomic mass is 16.1. The molecule has 0 unspecified atom stereocenters. The molecule has 5 nitrogen and oxygen atoms in total. The van der Waals surface area contributed by atoms with Gasteiger partial charge in [0.25, 0.3) is 5.56 Å². The molecule has 4 rings (SSSR count). The van der Waals surface area contributed by atoms with Gasteiger partial charge < -0.3 is 0 Å². The SMILES string of the molecule is N#Cc1ccccc1-c1cc(-c2ccncn2)cn(-c2ccccc2)c1=O. The number of aromatic nitrogens is 3. The molecule has 0 spiro atoms. The lowest BCUT2D eigenvalue weighted by Gasteiger charge is -2.12. The summed E-state index contributed by atoms with van der Waals surface area (Å²) in [4.78, 5) is 21.5. The molecule has 0 fully saturated rings. The summed E-state index contributed by atoms with van der Waals surface area (Å²) in [6.07, 6.45) is 4.89. The molecule has 2 aromatic heterocycles. The van der Waals surface area contributed by atoms with Crippen molar-refractivity contribution in [3.8, 4) is 34.1 Å². The molecule has 128 valence electrons. The molecule has 0 N–H and O–H groups in total. The predicted molar refractivity (Wildman–Crippen MR) is 103 cm³/mol. The van der Waals surface area contributed by atoms with E-state index < -0.39 is 0 Å². The Kier molecular flexibility index (Phi) is 4.30. The van der Waals surface area contributed by atoms with Crippen LogP contribution in [0.1, 0.15) is 5.56 Å². The van der Waals surface area contributed by atoms with Gasteiger partial charge in [-0.15, -0.1) is 0 Å². The molecule has 0 aliphatic carbocycles. The fraction of sp³-hybridized carbons (Fsp3) is 0. The molecule has 0 amide bonds. The Labute approximate surface area is 155 Å². The Morgan fingerprint density at radius 1 is 0.926 bits per heavy atom. The third-order valence-corrected chi connectivity index (χ3v) is 4.27. The molecular weight excluding hydrogens is 336 g/mol. The van der Waals surface area contributed by atoms with Crippen molar-refractivity contribution in [2.45, 2.75) is 0 Å². The quantitative estimate of drug-likeness (QED) is 0.563. The van der Waals surface area contributed by atoms with Gasteiger partial charge in [0.05, 0.1) is 17.3 Å². The van der Waals surface area contributed by atoms with Crippen molar-refractivity contribution < 1.29 is 0 Å².